The summed E-state index contributed by atoms with van der Waals surface area (Å²) in [7, 11) is 0. The van der Waals surface area contributed by atoms with Gasteiger partial charge in [-0.25, -0.2) is 4.98 Å². The maximum absolute atomic E-state index is 11.9. The van der Waals surface area contributed by atoms with Crippen LogP contribution in [-0.2, 0) is 6.42 Å². The molecule has 4 nitrogen and oxygen atoms in total. The van der Waals surface area contributed by atoms with Gasteiger partial charge in [0.05, 0.1) is 11.9 Å². The van der Waals surface area contributed by atoms with Crippen molar-refractivity contribution < 1.29 is 4.79 Å². The topological polar surface area (TPSA) is 68.0 Å². The van der Waals surface area contributed by atoms with Crippen molar-refractivity contribution in [2.24, 2.45) is 0 Å². The Morgan fingerprint density at radius 3 is 2.53 bits per heavy atom. The van der Waals surface area contributed by atoms with E-state index in [9.17, 15) is 4.79 Å². The lowest BCUT2D eigenvalue weighted by Crippen LogP contribution is -2.13. The fraction of sp³-hybridized carbons (Fsp3) is 0.200. The third-order valence-corrected chi connectivity index (χ3v) is 2.77. The lowest BCUT2D eigenvalue weighted by Gasteiger charge is -2.06. The van der Waals surface area contributed by atoms with Crippen LogP contribution in [0, 0.1) is 0 Å². The average molecular weight is 255 g/mol. The van der Waals surface area contributed by atoms with Crippen LogP contribution >= 0.6 is 0 Å². The van der Waals surface area contributed by atoms with E-state index in [1.807, 2.05) is 24.3 Å². The van der Waals surface area contributed by atoms with E-state index in [2.05, 4.69) is 17.2 Å². The highest BCUT2D eigenvalue weighted by molar-refractivity contribution is 6.02. The average Bonchev–Trinajstić information content (AvgIpc) is 2.42. The summed E-state index contributed by atoms with van der Waals surface area (Å²) in [5.41, 5.74) is 8.46. The molecule has 2 rings (SSSR count). The fourth-order valence-electron chi connectivity index (χ4n) is 1.78. The number of rotatable bonds is 4. The van der Waals surface area contributed by atoms with E-state index in [1.54, 1.807) is 12.1 Å². The molecule has 0 saturated carbocycles. The Morgan fingerprint density at radius 2 is 1.95 bits per heavy atom. The summed E-state index contributed by atoms with van der Waals surface area (Å²) in [6.45, 7) is 2.14. The van der Waals surface area contributed by atoms with Crippen LogP contribution in [0.25, 0.3) is 0 Å². The monoisotopic (exact) mass is 255 g/mol. The van der Waals surface area contributed by atoms with Crippen molar-refractivity contribution in [3.05, 3.63) is 53.9 Å². The Kier molecular flexibility index (Phi) is 4.13. The van der Waals surface area contributed by atoms with Crippen molar-refractivity contribution in [1.29, 1.82) is 0 Å². The van der Waals surface area contributed by atoms with Gasteiger partial charge in [-0.3, -0.25) is 4.79 Å². The number of benzene rings is 1. The normalized spacial score (nSPS) is 10.2. The predicted octanol–water partition coefficient (Wildman–Crippen LogP) is 2.87. The number of pyridine rings is 1. The van der Waals surface area contributed by atoms with Crippen LogP contribution in [0.5, 0.6) is 0 Å². The molecule has 0 bridgehead atoms. The Bertz CT molecular complexity index is 547. The van der Waals surface area contributed by atoms with Crippen molar-refractivity contribution in [2.45, 2.75) is 19.8 Å². The van der Waals surface area contributed by atoms with E-state index in [0.717, 1.165) is 18.5 Å². The molecule has 0 atom stereocenters. The van der Waals surface area contributed by atoms with Gasteiger partial charge in [-0.05, 0) is 36.2 Å². The highest BCUT2D eigenvalue weighted by Crippen LogP contribution is 2.12. The highest BCUT2D eigenvalue weighted by atomic mass is 16.1. The quantitative estimate of drug-likeness (QED) is 0.882. The minimum absolute atomic E-state index is 0.233. The second-order valence-corrected chi connectivity index (χ2v) is 4.38. The molecule has 19 heavy (non-hydrogen) atoms. The van der Waals surface area contributed by atoms with Crippen LogP contribution in [-0.4, -0.2) is 10.9 Å². The minimum atomic E-state index is -0.233. The number of hydrogen-bond donors (Lipinski definition) is 2. The maximum atomic E-state index is 11.9. The summed E-state index contributed by atoms with van der Waals surface area (Å²) >= 11 is 0. The minimum Gasteiger partial charge on any atom is -0.397 e. The number of nitrogen functional groups attached to an aromatic ring is 1. The number of nitrogens with one attached hydrogen (secondary N) is 1. The van der Waals surface area contributed by atoms with E-state index in [1.165, 1.54) is 11.8 Å². The number of nitrogens with zero attached hydrogens (tertiary/aromatic N) is 1. The van der Waals surface area contributed by atoms with Crippen LogP contribution in [0.15, 0.2) is 42.6 Å². The first-order valence-electron chi connectivity index (χ1n) is 6.31. The van der Waals surface area contributed by atoms with Gasteiger partial charge < -0.3 is 11.1 Å². The molecule has 1 aromatic carbocycles. The molecule has 1 heterocycles. The number of anilines is 2. The third-order valence-electron chi connectivity index (χ3n) is 2.77. The zero-order valence-electron chi connectivity index (χ0n) is 10.9. The smallest absolute Gasteiger partial charge is 0.274 e. The molecule has 0 spiro atoms. The molecule has 1 aromatic heterocycles. The number of hydrogen-bond acceptors (Lipinski definition) is 3. The summed E-state index contributed by atoms with van der Waals surface area (Å²) in [5, 5.41) is 2.80. The van der Waals surface area contributed by atoms with E-state index in [4.69, 9.17) is 5.73 Å². The molecule has 0 saturated heterocycles. The molecule has 98 valence electrons. The summed E-state index contributed by atoms with van der Waals surface area (Å²) in [6.07, 6.45) is 3.63. The first-order valence-corrected chi connectivity index (χ1v) is 6.31. The van der Waals surface area contributed by atoms with Crippen LogP contribution in [0.2, 0.25) is 0 Å². The predicted molar refractivity (Wildman–Crippen MR) is 77.0 cm³/mol. The number of carbonyl (C=O) groups excluding carboxylic acids is 1. The molecule has 0 fully saturated rings. The van der Waals surface area contributed by atoms with E-state index in [-0.39, 0.29) is 5.91 Å². The van der Waals surface area contributed by atoms with Gasteiger partial charge in [-0.2, -0.15) is 0 Å². The van der Waals surface area contributed by atoms with Crippen molar-refractivity contribution in [3.8, 4) is 0 Å². The molecule has 2 aromatic rings. The number of nitrogens with two attached hydrogens (primary N) is 1. The lowest BCUT2D eigenvalue weighted by molar-refractivity contribution is 0.102. The Morgan fingerprint density at radius 1 is 1.21 bits per heavy atom. The third kappa shape index (κ3) is 3.55. The Labute approximate surface area is 112 Å². The van der Waals surface area contributed by atoms with E-state index in [0.29, 0.717) is 11.4 Å². The van der Waals surface area contributed by atoms with E-state index >= 15 is 0 Å². The van der Waals surface area contributed by atoms with Gasteiger partial charge in [-0.15, -0.1) is 0 Å². The van der Waals surface area contributed by atoms with Gasteiger partial charge in [-0.1, -0.05) is 25.5 Å². The fourth-order valence-corrected chi connectivity index (χ4v) is 1.78. The Balaban J connectivity index is 2.04. The standard InChI is InChI=1S/C15H17N3O/c1-2-3-11-4-7-13(8-5-11)18-15(19)14-9-6-12(16)10-17-14/h4-10H,2-3,16H2,1H3,(H,18,19). The zero-order chi connectivity index (χ0) is 13.7. The highest BCUT2D eigenvalue weighted by Gasteiger charge is 2.06. The van der Waals surface area contributed by atoms with Crippen molar-refractivity contribution >= 4 is 17.3 Å². The Hall–Kier alpha value is -2.36. The largest absolute Gasteiger partial charge is 0.397 e. The summed E-state index contributed by atoms with van der Waals surface area (Å²) in [5.74, 6) is -0.233. The molecule has 0 unspecified atom stereocenters. The van der Waals surface area contributed by atoms with Crippen LogP contribution in [0.1, 0.15) is 29.4 Å². The van der Waals surface area contributed by atoms with Crippen molar-refractivity contribution in [2.75, 3.05) is 11.1 Å². The summed E-state index contributed by atoms with van der Waals surface area (Å²) < 4.78 is 0. The summed E-state index contributed by atoms with van der Waals surface area (Å²) in [6, 6.07) is 11.1. The molecule has 0 aliphatic rings. The second kappa shape index (κ2) is 6.00. The molecule has 0 aliphatic heterocycles. The van der Waals surface area contributed by atoms with Gasteiger partial charge in [0.15, 0.2) is 0 Å². The molecule has 1 amide bonds. The van der Waals surface area contributed by atoms with Crippen molar-refractivity contribution in [1.82, 2.24) is 4.98 Å². The van der Waals surface area contributed by atoms with Crippen molar-refractivity contribution in [3.63, 3.8) is 0 Å². The first kappa shape index (κ1) is 13.1. The number of carbonyl (C=O) groups is 1. The van der Waals surface area contributed by atoms with Gasteiger partial charge in [0, 0.05) is 5.69 Å². The molecule has 3 N–H and O–H groups in total. The lowest BCUT2D eigenvalue weighted by atomic mass is 10.1. The van der Waals surface area contributed by atoms with Gasteiger partial charge in [0.1, 0.15) is 5.69 Å². The zero-order valence-corrected chi connectivity index (χ0v) is 10.9. The molecule has 0 radical (unpaired) electrons. The number of aromatic nitrogens is 1. The maximum Gasteiger partial charge on any atom is 0.274 e. The van der Waals surface area contributed by atoms with Gasteiger partial charge in [0.2, 0.25) is 0 Å². The van der Waals surface area contributed by atoms with E-state index < -0.39 is 0 Å². The van der Waals surface area contributed by atoms with Crippen LogP contribution < -0.4 is 11.1 Å². The second-order valence-electron chi connectivity index (χ2n) is 4.38. The molecule has 0 aliphatic carbocycles. The molecular formula is C15H17N3O. The molecule has 4 heteroatoms. The number of aryl methyl sites for hydroxylation is 1. The SMILES string of the molecule is CCCc1ccc(NC(=O)c2ccc(N)cn2)cc1. The summed E-state index contributed by atoms with van der Waals surface area (Å²) in [4.78, 5) is 15.9. The van der Waals surface area contributed by atoms with Gasteiger partial charge in [0.25, 0.3) is 5.91 Å². The van der Waals surface area contributed by atoms with Crippen LogP contribution in [0.3, 0.4) is 0 Å². The van der Waals surface area contributed by atoms with Gasteiger partial charge >= 0.3 is 0 Å². The molecular weight excluding hydrogens is 238 g/mol. The van der Waals surface area contributed by atoms with Crippen LogP contribution in [0.4, 0.5) is 11.4 Å². The first-order chi connectivity index (χ1) is 9.19. The number of amides is 1.